The molecule has 3 amide bonds. The number of rotatable bonds is 5. The molecule has 0 spiro atoms. The maximum atomic E-state index is 13.3. The predicted octanol–water partition coefficient (Wildman–Crippen LogP) is 1.23. The van der Waals surface area contributed by atoms with E-state index in [-0.39, 0.29) is 18.3 Å². The van der Waals surface area contributed by atoms with E-state index < -0.39 is 6.03 Å². The molecule has 168 valence electrons. The van der Waals surface area contributed by atoms with Gasteiger partial charge in [-0.25, -0.2) is 10.2 Å². The largest absolute Gasteiger partial charge is 0.384 e. The molecule has 0 aromatic heterocycles. The molecular formula is C23H24N8O2. The van der Waals surface area contributed by atoms with Gasteiger partial charge in [0.2, 0.25) is 0 Å². The molecule has 2 aliphatic rings. The van der Waals surface area contributed by atoms with Crippen molar-refractivity contribution in [2.24, 2.45) is 16.6 Å². The maximum Gasteiger partial charge on any atom is 0.332 e. The third-order valence-electron chi connectivity index (χ3n) is 5.34. The highest BCUT2D eigenvalue weighted by atomic mass is 16.2. The number of nitrogens with two attached hydrogens (primary N) is 2. The number of hydrazine groups is 1. The van der Waals surface area contributed by atoms with E-state index in [4.69, 9.17) is 16.9 Å². The summed E-state index contributed by atoms with van der Waals surface area (Å²) in [5.41, 5.74) is 19.3. The standard InChI is InChI=1S/C23H24N8O2/c24-20(25)16-6-8-17(9-7-16)29-31-13-3-4-15-5-10-18(22(32)30-11-1-2-12-30)19(14-15)21(31)27-28-23(26)33/h5-10,14,29H,1-2,11-13H2,(H3,24,25)(H3,26,28,33)/b27-21-. The van der Waals surface area contributed by atoms with Gasteiger partial charge in [0.05, 0.1) is 11.3 Å². The van der Waals surface area contributed by atoms with Crippen LogP contribution in [0.1, 0.15) is 39.9 Å². The molecule has 0 atom stereocenters. The molecule has 1 fully saturated rings. The number of carbonyl (C=O) groups excluding carboxylic acids is 2. The van der Waals surface area contributed by atoms with E-state index in [1.54, 1.807) is 41.4 Å². The normalized spacial score (nSPS) is 15.8. The van der Waals surface area contributed by atoms with Crippen LogP contribution in [0.15, 0.2) is 47.6 Å². The number of hydrogen-bond acceptors (Lipinski definition) is 5. The molecule has 33 heavy (non-hydrogen) atoms. The average Bonchev–Trinajstić information content (AvgIpc) is 3.33. The summed E-state index contributed by atoms with van der Waals surface area (Å²) in [5.74, 6) is 6.30. The SMILES string of the molecule is N=C(N)c1ccc(NN2CC#Cc3ccc(C(=O)N4CCCC4)c(c3)/C2=N/NC(N)=O)cc1. The highest BCUT2D eigenvalue weighted by Gasteiger charge is 2.27. The first-order chi connectivity index (χ1) is 15.9. The molecule has 1 saturated heterocycles. The van der Waals surface area contributed by atoms with E-state index in [0.29, 0.717) is 41.3 Å². The lowest BCUT2D eigenvalue weighted by atomic mass is 10.0. The van der Waals surface area contributed by atoms with Crippen molar-refractivity contribution in [3.8, 4) is 11.8 Å². The number of nitrogens with zero attached hydrogens (tertiary/aromatic N) is 3. The fourth-order valence-corrected chi connectivity index (χ4v) is 3.73. The Hall–Kier alpha value is -4.52. The van der Waals surface area contributed by atoms with Crippen LogP contribution >= 0.6 is 0 Å². The lowest BCUT2D eigenvalue weighted by molar-refractivity contribution is 0.0792. The van der Waals surface area contributed by atoms with Crippen molar-refractivity contribution < 1.29 is 9.59 Å². The minimum atomic E-state index is -0.829. The molecule has 0 unspecified atom stereocenters. The van der Waals surface area contributed by atoms with Crippen molar-refractivity contribution in [2.45, 2.75) is 12.8 Å². The van der Waals surface area contributed by atoms with Crippen LogP contribution < -0.4 is 22.3 Å². The second-order valence-corrected chi connectivity index (χ2v) is 7.66. The number of anilines is 1. The average molecular weight is 444 g/mol. The summed E-state index contributed by atoms with van der Waals surface area (Å²) < 4.78 is 0. The summed E-state index contributed by atoms with van der Waals surface area (Å²) in [6.07, 6.45) is 1.94. The first kappa shape index (κ1) is 21.7. The van der Waals surface area contributed by atoms with Gasteiger partial charge < -0.3 is 16.4 Å². The van der Waals surface area contributed by atoms with Crippen molar-refractivity contribution >= 4 is 29.3 Å². The topological polar surface area (TPSA) is 153 Å². The summed E-state index contributed by atoms with van der Waals surface area (Å²) in [6.45, 7) is 1.63. The molecule has 4 rings (SSSR count). The van der Waals surface area contributed by atoms with E-state index in [9.17, 15) is 9.59 Å². The Morgan fingerprint density at radius 2 is 1.79 bits per heavy atom. The van der Waals surface area contributed by atoms with Gasteiger partial charge in [-0.3, -0.25) is 20.6 Å². The molecule has 2 aliphatic heterocycles. The van der Waals surface area contributed by atoms with E-state index >= 15 is 0 Å². The zero-order valence-corrected chi connectivity index (χ0v) is 17.9. The molecule has 0 aliphatic carbocycles. The van der Waals surface area contributed by atoms with Gasteiger partial charge in [0.1, 0.15) is 12.4 Å². The minimum absolute atomic E-state index is 0.0338. The van der Waals surface area contributed by atoms with Crippen LogP contribution in [0.3, 0.4) is 0 Å². The van der Waals surface area contributed by atoms with E-state index in [0.717, 1.165) is 18.4 Å². The molecule has 2 aromatic rings. The number of urea groups is 1. The molecule has 2 bridgehead atoms. The maximum absolute atomic E-state index is 13.3. The van der Waals surface area contributed by atoms with Crippen molar-refractivity contribution in [2.75, 3.05) is 25.1 Å². The van der Waals surface area contributed by atoms with Crippen molar-refractivity contribution in [3.63, 3.8) is 0 Å². The Bertz CT molecular complexity index is 1190. The molecule has 0 radical (unpaired) electrons. The fraction of sp³-hybridized carbons (Fsp3) is 0.217. The van der Waals surface area contributed by atoms with E-state index in [1.165, 1.54) is 0 Å². The second kappa shape index (κ2) is 9.32. The molecule has 2 aromatic carbocycles. The Morgan fingerprint density at radius 3 is 2.45 bits per heavy atom. The Kier molecular flexibility index (Phi) is 6.13. The number of benzene rings is 2. The zero-order valence-electron chi connectivity index (χ0n) is 17.9. The number of hydrogen-bond donors (Lipinski definition) is 5. The van der Waals surface area contributed by atoms with Gasteiger partial charge in [-0.15, -0.1) is 0 Å². The summed E-state index contributed by atoms with van der Waals surface area (Å²) in [6, 6.07) is 11.4. The van der Waals surface area contributed by atoms with Crippen LogP contribution in [0.4, 0.5) is 10.5 Å². The second-order valence-electron chi connectivity index (χ2n) is 7.66. The number of amidine groups is 2. The van der Waals surface area contributed by atoms with Gasteiger partial charge >= 0.3 is 6.03 Å². The van der Waals surface area contributed by atoms with E-state index in [1.807, 2.05) is 11.0 Å². The third-order valence-corrected chi connectivity index (χ3v) is 5.34. The van der Waals surface area contributed by atoms with E-state index in [2.05, 4.69) is 27.8 Å². The summed E-state index contributed by atoms with van der Waals surface area (Å²) >= 11 is 0. The molecule has 10 heteroatoms. The summed E-state index contributed by atoms with van der Waals surface area (Å²) in [4.78, 5) is 26.5. The Balaban J connectivity index is 1.74. The number of fused-ring (bicyclic) bond motifs is 2. The van der Waals surface area contributed by atoms with Crippen LogP contribution in [0.5, 0.6) is 0 Å². The third kappa shape index (κ3) is 4.88. The predicted molar refractivity (Wildman–Crippen MR) is 126 cm³/mol. The number of likely N-dealkylation sites (tertiary alicyclic amines) is 1. The van der Waals surface area contributed by atoms with Crippen molar-refractivity contribution in [1.82, 2.24) is 15.3 Å². The van der Waals surface area contributed by atoms with Crippen LogP contribution in [0.25, 0.3) is 0 Å². The number of nitrogen functional groups attached to an aromatic ring is 1. The number of primary amides is 1. The van der Waals surface area contributed by atoms with Gasteiger partial charge in [-0.2, -0.15) is 5.10 Å². The Labute approximate surface area is 191 Å². The van der Waals surface area contributed by atoms with Crippen LogP contribution in [0.2, 0.25) is 0 Å². The monoisotopic (exact) mass is 444 g/mol. The summed E-state index contributed by atoms with van der Waals surface area (Å²) in [5, 5.41) is 13.4. The van der Waals surface area contributed by atoms with Gasteiger partial charge in [0.25, 0.3) is 5.91 Å². The smallest absolute Gasteiger partial charge is 0.332 e. The van der Waals surface area contributed by atoms with Gasteiger partial charge in [0.15, 0.2) is 5.84 Å². The van der Waals surface area contributed by atoms with Crippen LogP contribution in [-0.2, 0) is 0 Å². The van der Waals surface area contributed by atoms with Gasteiger partial charge in [0, 0.05) is 29.8 Å². The lowest BCUT2D eigenvalue weighted by Crippen LogP contribution is -2.41. The number of hydrazone groups is 1. The first-order valence-electron chi connectivity index (χ1n) is 10.5. The quantitative estimate of drug-likeness (QED) is 0.203. The zero-order chi connectivity index (χ0) is 23.4. The first-order valence-corrected chi connectivity index (χ1v) is 10.5. The van der Waals surface area contributed by atoms with Crippen LogP contribution in [-0.4, -0.2) is 53.2 Å². The van der Waals surface area contributed by atoms with Gasteiger partial charge in [-0.1, -0.05) is 11.8 Å². The number of amides is 3. The molecule has 0 saturated carbocycles. The van der Waals surface area contributed by atoms with Crippen molar-refractivity contribution in [1.29, 1.82) is 5.41 Å². The summed E-state index contributed by atoms with van der Waals surface area (Å²) in [7, 11) is 0. The molecular weight excluding hydrogens is 420 g/mol. The van der Waals surface area contributed by atoms with Crippen LogP contribution in [0, 0.1) is 17.3 Å². The molecule has 2 heterocycles. The molecule has 10 nitrogen and oxygen atoms in total. The van der Waals surface area contributed by atoms with Crippen molar-refractivity contribution in [3.05, 3.63) is 64.7 Å². The fourth-order valence-electron chi connectivity index (χ4n) is 3.73. The lowest BCUT2D eigenvalue weighted by Gasteiger charge is -2.28. The highest BCUT2D eigenvalue weighted by Crippen LogP contribution is 2.22. The van der Waals surface area contributed by atoms with Gasteiger partial charge in [-0.05, 0) is 55.3 Å². The number of nitrogens with one attached hydrogen (secondary N) is 3. The Morgan fingerprint density at radius 1 is 1.06 bits per heavy atom. The minimum Gasteiger partial charge on any atom is -0.384 e. The molecule has 7 N–H and O–H groups in total. The highest BCUT2D eigenvalue weighted by molar-refractivity contribution is 6.10. The number of carbonyl (C=O) groups is 2.